The summed E-state index contributed by atoms with van der Waals surface area (Å²) in [5.41, 5.74) is 1.24. The summed E-state index contributed by atoms with van der Waals surface area (Å²) < 4.78 is 13.6. The van der Waals surface area contributed by atoms with Crippen LogP contribution in [0.2, 0.25) is 45.3 Å². The second-order valence-corrected chi connectivity index (χ2v) is 20.4. The van der Waals surface area contributed by atoms with Gasteiger partial charge in [0.15, 0.2) is 8.32 Å². The van der Waals surface area contributed by atoms with Crippen molar-refractivity contribution in [2.45, 2.75) is 96.2 Å². The Balaban J connectivity index is 2.22. The molecule has 0 heterocycles. The van der Waals surface area contributed by atoms with Crippen molar-refractivity contribution in [2.24, 2.45) is 5.92 Å². The molecule has 2 nitrogen and oxygen atoms in total. The molecule has 0 amide bonds. The summed E-state index contributed by atoms with van der Waals surface area (Å²) in [5, 5.41) is 0. The molecule has 1 atom stereocenters. The maximum atomic E-state index is 6.90. The fourth-order valence-electron chi connectivity index (χ4n) is 4.04. The van der Waals surface area contributed by atoms with Crippen molar-refractivity contribution >= 4 is 16.4 Å². The standard InChI is InChI=1S/C23H41O2Si2/c1-26(2,3)19-13-18-23(25-27(4,5)6,22-16-11-8-12-17-22)24-20-21-14-9-7-10-15-21/h7,9-10,13-15,22H,8,11-12,16-20H2,1-6H3/q+1. The summed E-state index contributed by atoms with van der Waals surface area (Å²) in [4.78, 5) is 0. The molecule has 4 heteroatoms. The fraction of sp³-hybridized carbons (Fsp3) is 0.696. The Morgan fingerprint density at radius 2 is 1.59 bits per heavy atom. The summed E-state index contributed by atoms with van der Waals surface area (Å²) in [5.74, 6) is 0.0694. The highest BCUT2D eigenvalue weighted by Gasteiger charge is 2.47. The molecule has 0 saturated heterocycles. The Hall–Kier alpha value is -0.556. The fourth-order valence-corrected chi connectivity index (χ4v) is 6.40. The maximum Gasteiger partial charge on any atom is 0.203 e. The van der Waals surface area contributed by atoms with E-state index in [2.05, 4.69) is 76.0 Å². The molecular weight excluding hydrogens is 364 g/mol. The highest BCUT2D eigenvalue weighted by molar-refractivity contribution is 6.76. The van der Waals surface area contributed by atoms with E-state index >= 15 is 0 Å². The third kappa shape index (κ3) is 8.14. The summed E-state index contributed by atoms with van der Waals surface area (Å²) in [6.45, 7) is 14.9. The van der Waals surface area contributed by atoms with Gasteiger partial charge in [-0.2, -0.15) is 0 Å². The van der Waals surface area contributed by atoms with Gasteiger partial charge >= 0.3 is 0 Å². The molecule has 1 aliphatic rings. The van der Waals surface area contributed by atoms with Gasteiger partial charge < -0.3 is 9.16 Å². The Labute approximate surface area is 170 Å². The number of benzene rings is 1. The monoisotopic (exact) mass is 405 g/mol. The molecule has 0 spiro atoms. The molecule has 1 aromatic rings. The average Bonchev–Trinajstić information content (AvgIpc) is 2.59. The molecule has 1 unspecified atom stereocenters. The van der Waals surface area contributed by atoms with E-state index in [1.807, 2.05) is 0 Å². The lowest BCUT2D eigenvalue weighted by atomic mass is 9.81. The second-order valence-electron chi connectivity index (χ2n) is 10.4. The van der Waals surface area contributed by atoms with Gasteiger partial charge in [-0.05, 0) is 38.0 Å². The first kappa shape index (κ1) is 22.7. The summed E-state index contributed by atoms with van der Waals surface area (Å²) in [6.07, 6.45) is 9.87. The number of hydrogen-bond donors (Lipinski definition) is 0. The molecular formula is C23H41O2Si2+. The molecule has 1 aliphatic carbocycles. The molecule has 0 radical (unpaired) electrons. The topological polar surface area (TPSA) is 18.5 Å². The van der Waals surface area contributed by atoms with Crippen molar-refractivity contribution in [1.29, 1.82) is 0 Å². The third-order valence-electron chi connectivity index (χ3n) is 5.22. The SMILES string of the molecule is C[Si](C)(C)C[CH+]CC(OCc1ccccc1)(O[Si](C)(C)C)C1CCCCC1. The zero-order chi connectivity index (χ0) is 20.0. The minimum atomic E-state index is -1.74. The number of ether oxygens (including phenoxy) is 1. The van der Waals surface area contributed by atoms with Crippen molar-refractivity contribution in [3.05, 3.63) is 42.3 Å². The van der Waals surface area contributed by atoms with Crippen LogP contribution in [0.5, 0.6) is 0 Å². The normalized spacial score (nSPS) is 18.9. The van der Waals surface area contributed by atoms with Gasteiger partial charge in [0.1, 0.15) is 6.42 Å². The van der Waals surface area contributed by atoms with Crippen LogP contribution in [0.3, 0.4) is 0 Å². The molecule has 1 saturated carbocycles. The van der Waals surface area contributed by atoms with E-state index in [0.717, 1.165) is 6.42 Å². The van der Waals surface area contributed by atoms with Gasteiger partial charge in [-0.1, -0.05) is 69.2 Å². The second kappa shape index (κ2) is 9.77. The zero-order valence-corrected chi connectivity index (χ0v) is 20.5. The lowest BCUT2D eigenvalue weighted by molar-refractivity contribution is -0.235. The van der Waals surface area contributed by atoms with Gasteiger partial charge in [-0.15, -0.1) is 0 Å². The first-order valence-electron chi connectivity index (χ1n) is 10.8. The van der Waals surface area contributed by atoms with Crippen molar-refractivity contribution in [3.8, 4) is 0 Å². The predicted octanol–water partition coefficient (Wildman–Crippen LogP) is 7.26. The molecule has 1 aromatic carbocycles. The zero-order valence-electron chi connectivity index (χ0n) is 18.5. The van der Waals surface area contributed by atoms with Gasteiger partial charge in [0, 0.05) is 5.92 Å². The van der Waals surface area contributed by atoms with E-state index < -0.39 is 22.2 Å². The molecule has 0 bridgehead atoms. The molecule has 152 valence electrons. The van der Waals surface area contributed by atoms with E-state index in [1.54, 1.807) is 0 Å². The Bertz CT molecular complexity index is 542. The molecule has 27 heavy (non-hydrogen) atoms. The highest BCUT2D eigenvalue weighted by Crippen LogP contribution is 2.42. The van der Waals surface area contributed by atoms with Crippen molar-refractivity contribution in [1.82, 2.24) is 0 Å². The van der Waals surface area contributed by atoms with Crippen LogP contribution >= 0.6 is 0 Å². The molecule has 2 rings (SSSR count). The van der Waals surface area contributed by atoms with Crippen LogP contribution < -0.4 is 0 Å². The summed E-state index contributed by atoms with van der Waals surface area (Å²) >= 11 is 0. The first-order chi connectivity index (χ1) is 12.6. The minimum Gasteiger partial charge on any atom is -0.387 e. The largest absolute Gasteiger partial charge is 0.387 e. The van der Waals surface area contributed by atoms with Gasteiger partial charge in [0.2, 0.25) is 5.79 Å². The molecule has 0 N–H and O–H groups in total. The Morgan fingerprint density at radius 1 is 0.963 bits per heavy atom. The Kier molecular flexibility index (Phi) is 8.23. The summed E-state index contributed by atoms with van der Waals surface area (Å²) in [6, 6.07) is 11.8. The smallest absolute Gasteiger partial charge is 0.203 e. The first-order valence-corrected chi connectivity index (χ1v) is 17.9. The van der Waals surface area contributed by atoms with E-state index in [-0.39, 0.29) is 0 Å². The predicted molar refractivity (Wildman–Crippen MR) is 122 cm³/mol. The lowest BCUT2D eigenvalue weighted by Crippen LogP contribution is -2.51. The van der Waals surface area contributed by atoms with Gasteiger partial charge in [0.25, 0.3) is 0 Å². The van der Waals surface area contributed by atoms with Crippen molar-refractivity contribution < 1.29 is 9.16 Å². The van der Waals surface area contributed by atoms with E-state index in [1.165, 1.54) is 43.7 Å². The lowest BCUT2D eigenvalue weighted by Gasteiger charge is -2.44. The minimum absolute atomic E-state index is 0.444. The van der Waals surface area contributed by atoms with Crippen LogP contribution in [-0.4, -0.2) is 22.2 Å². The van der Waals surface area contributed by atoms with E-state index in [9.17, 15) is 0 Å². The quantitative estimate of drug-likeness (QED) is 0.231. The van der Waals surface area contributed by atoms with E-state index in [0.29, 0.717) is 12.5 Å². The van der Waals surface area contributed by atoms with Crippen molar-refractivity contribution in [2.75, 3.05) is 0 Å². The van der Waals surface area contributed by atoms with Gasteiger partial charge in [-0.3, -0.25) is 0 Å². The van der Waals surface area contributed by atoms with Crippen LogP contribution in [0, 0.1) is 12.3 Å². The number of rotatable bonds is 10. The van der Waals surface area contributed by atoms with Gasteiger partial charge in [-0.25, -0.2) is 0 Å². The van der Waals surface area contributed by atoms with Crippen LogP contribution in [0.4, 0.5) is 0 Å². The van der Waals surface area contributed by atoms with Crippen LogP contribution in [0.1, 0.15) is 44.1 Å². The number of hydrogen-bond acceptors (Lipinski definition) is 2. The third-order valence-corrected chi connectivity index (χ3v) is 7.69. The van der Waals surface area contributed by atoms with Gasteiger partial charge in [0.05, 0.1) is 27.1 Å². The van der Waals surface area contributed by atoms with Crippen LogP contribution in [0.15, 0.2) is 30.3 Å². The highest BCUT2D eigenvalue weighted by atomic mass is 28.4. The van der Waals surface area contributed by atoms with E-state index in [4.69, 9.17) is 9.16 Å². The molecule has 0 aliphatic heterocycles. The summed E-state index contributed by atoms with van der Waals surface area (Å²) in [7, 11) is -2.85. The van der Waals surface area contributed by atoms with Crippen LogP contribution in [-0.2, 0) is 15.8 Å². The molecule has 1 fully saturated rings. The van der Waals surface area contributed by atoms with Crippen LogP contribution in [0.25, 0.3) is 0 Å². The van der Waals surface area contributed by atoms with Crippen molar-refractivity contribution in [3.63, 3.8) is 0 Å². The Morgan fingerprint density at radius 3 is 2.15 bits per heavy atom. The molecule has 0 aromatic heterocycles. The maximum absolute atomic E-state index is 6.90. The average molecular weight is 406 g/mol.